The summed E-state index contributed by atoms with van der Waals surface area (Å²) in [6.45, 7) is 4.33. The second kappa shape index (κ2) is 8.39. The van der Waals surface area contributed by atoms with Gasteiger partial charge in [0.1, 0.15) is 11.4 Å². The molecule has 0 spiro atoms. The van der Waals surface area contributed by atoms with Crippen LogP contribution >= 0.6 is 0 Å². The first kappa shape index (κ1) is 21.2. The minimum absolute atomic E-state index is 0.175. The SMILES string of the molecule is CCn1ncc(NC(=O)c2cc(-c3ccc4c(c3)OCO4)n[nH]2)c1C(=O)Nc1cnn(C)c1C. The van der Waals surface area contributed by atoms with Crippen LogP contribution in [-0.4, -0.2) is 48.4 Å². The number of H-pyrrole nitrogens is 1. The quantitative estimate of drug-likeness (QED) is 0.400. The van der Waals surface area contributed by atoms with Gasteiger partial charge in [0.2, 0.25) is 6.79 Å². The predicted molar refractivity (Wildman–Crippen MR) is 122 cm³/mol. The highest BCUT2D eigenvalue weighted by molar-refractivity contribution is 6.11. The van der Waals surface area contributed by atoms with Crippen LogP contribution in [0.4, 0.5) is 11.4 Å². The van der Waals surface area contributed by atoms with Crippen molar-refractivity contribution < 1.29 is 19.1 Å². The average molecular weight is 462 g/mol. The van der Waals surface area contributed by atoms with E-state index in [-0.39, 0.29) is 23.9 Å². The largest absolute Gasteiger partial charge is 0.454 e. The minimum atomic E-state index is -0.457. The number of hydrogen-bond acceptors (Lipinski definition) is 7. The molecule has 4 heterocycles. The maximum absolute atomic E-state index is 13.0. The van der Waals surface area contributed by atoms with E-state index in [0.717, 1.165) is 11.3 Å². The van der Waals surface area contributed by atoms with E-state index in [9.17, 15) is 9.59 Å². The lowest BCUT2D eigenvalue weighted by Gasteiger charge is -2.09. The van der Waals surface area contributed by atoms with Crippen LogP contribution in [-0.2, 0) is 13.6 Å². The highest BCUT2D eigenvalue weighted by atomic mass is 16.7. The van der Waals surface area contributed by atoms with Crippen LogP contribution < -0.4 is 20.1 Å². The number of carbonyl (C=O) groups excluding carboxylic acids is 2. The van der Waals surface area contributed by atoms with Crippen molar-refractivity contribution in [1.82, 2.24) is 29.8 Å². The van der Waals surface area contributed by atoms with Crippen molar-refractivity contribution in [1.29, 1.82) is 0 Å². The Labute approximate surface area is 193 Å². The van der Waals surface area contributed by atoms with Gasteiger partial charge < -0.3 is 20.1 Å². The number of benzene rings is 1. The molecular weight excluding hydrogens is 440 g/mol. The molecule has 0 radical (unpaired) electrons. The molecule has 1 aliphatic rings. The third-order valence-electron chi connectivity index (χ3n) is 5.58. The lowest BCUT2D eigenvalue weighted by atomic mass is 10.1. The number of aromatic amines is 1. The lowest BCUT2D eigenvalue weighted by Crippen LogP contribution is -2.21. The van der Waals surface area contributed by atoms with Gasteiger partial charge in [-0.1, -0.05) is 0 Å². The van der Waals surface area contributed by atoms with Crippen molar-refractivity contribution in [2.75, 3.05) is 17.4 Å². The maximum Gasteiger partial charge on any atom is 0.276 e. The number of nitrogens with zero attached hydrogens (tertiary/aromatic N) is 5. The molecule has 4 aromatic rings. The Morgan fingerprint density at radius 1 is 1.06 bits per heavy atom. The van der Waals surface area contributed by atoms with E-state index in [0.29, 0.717) is 29.4 Å². The summed E-state index contributed by atoms with van der Waals surface area (Å²) in [5, 5.41) is 20.9. The zero-order valence-corrected chi connectivity index (χ0v) is 18.7. The lowest BCUT2D eigenvalue weighted by molar-refractivity contribution is 0.101. The number of aromatic nitrogens is 6. The summed E-state index contributed by atoms with van der Waals surface area (Å²) in [5.74, 6) is 0.425. The molecular formula is C22H22N8O4. The van der Waals surface area contributed by atoms with Crippen LogP contribution in [0.25, 0.3) is 11.3 Å². The van der Waals surface area contributed by atoms with Crippen molar-refractivity contribution in [3.05, 3.63) is 53.7 Å². The van der Waals surface area contributed by atoms with E-state index in [4.69, 9.17) is 9.47 Å². The number of aryl methyl sites for hydroxylation is 2. The summed E-state index contributed by atoms with van der Waals surface area (Å²) >= 11 is 0. The van der Waals surface area contributed by atoms with E-state index in [1.54, 1.807) is 36.1 Å². The van der Waals surface area contributed by atoms with E-state index in [1.165, 1.54) is 10.9 Å². The van der Waals surface area contributed by atoms with Gasteiger partial charge in [0, 0.05) is 19.2 Å². The van der Waals surface area contributed by atoms with Crippen LogP contribution in [0.5, 0.6) is 11.5 Å². The summed E-state index contributed by atoms with van der Waals surface area (Å²) in [6.07, 6.45) is 3.02. The van der Waals surface area contributed by atoms with Crippen molar-refractivity contribution >= 4 is 23.2 Å². The smallest absolute Gasteiger partial charge is 0.276 e. The fourth-order valence-corrected chi connectivity index (χ4v) is 3.59. The number of rotatable bonds is 6. The first-order valence-corrected chi connectivity index (χ1v) is 10.6. The second-order valence-corrected chi connectivity index (χ2v) is 7.63. The first-order valence-electron chi connectivity index (χ1n) is 10.6. The monoisotopic (exact) mass is 462 g/mol. The zero-order valence-electron chi connectivity index (χ0n) is 18.7. The molecule has 5 rings (SSSR count). The molecule has 12 heteroatoms. The summed E-state index contributed by atoms with van der Waals surface area (Å²) in [7, 11) is 1.79. The van der Waals surface area contributed by atoms with E-state index < -0.39 is 11.8 Å². The van der Waals surface area contributed by atoms with Crippen molar-refractivity contribution in [2.45, 2.75) is 20.4 Å². The zero-order chi connectivity index (χ0) is 23.8. The summed E-state index contributed by atoms with van der Waals surface area (Å²) in [6, 6.07) is 7.05. The molecule has 1 aromatic carbocycles. The van der Waals surface area contributed by atoms with Gasteiger partial charge in [0.25, 0.3) is 11.8 Å². The molecule has 174 valence electrons. The van der Waals surface area contributed by atoms with E-state index >= 15 is 0 Å². The topological polar surface area (TPSA) is 141 Å². The number of nitrogens with one attached hydrogen (secondary N) is 3. The van der Waals surface area contributed by atoms with Crippen molar-refractivity contribution in [2.24, 2.45) is 7.05 Å². The highest BCUT2D eigenvalue weighted by Gasteiger charge is 2.23. The molecule has 3 aromatic heterocycles. The highest BCUT2D eigenvalue weighted by Crippen LogP contribution is 2.35. The number of hydrogen-bond donors (Lipinski definition) is 3. The van der Waals surface area contributed by atoms with Gasteiger partial charge in [-0.05, 0) is 38.1 Å². The standard InChI is InChI=1S/C22H22N8O4/c1-4-30-20(22(32)25-16-9-23-29(3)12(16)2)17(10-24-30)26-21(31)15-8-14(27-28-15)13-5-6-18-19(7-13)34-11-33-18/h5-10H,4,11H2,1-3H3,(H,25,32)(H,26,31)(H,27,28). The molecule has 1 aliphatic heterocycles. The molecule has 0 unspecified atom stereocenters. The van der Waals surface area contributed by atoms with E-state index in [1.807, 2.05) is 19.9 Å². The summed E-state index contributed by atoms with van der Waals surface area (Å²) < 4.78 is 13.9. The van der Waals surface area contributed by atoms with Crippen LogP contribution in [0.3, 0.4) is 0 Å². The number of ether oxygens (including phenoxy) is 2. The maximum atomic E-state index is 13.0. The van der Waals surface area contributed by atoms with Gasteiger partial charge in [0.05, 0.1) is 35.2 Å². The fraction of sp³-hybridized carbons (Fsp3) is 0.227. The Morgan fingerprint density at radius 3 is 2.59 bits per heavy atom. The molecule has 0 saturated carbocycles. The fourth-order valence-electron chi connectivity index (χ4n) is 3.59. The third-order valence-corrected chi connectivity index (χ3v) is 5.58. The Balaban J connectivity index is 1.36. The Bertz CT molecular complexity index is 1400. The molecule has 12 nitrogen and oxygen atoms in total. The predicted octanol–water partition coefficient (Wildman–Crippen LogP) is 2.57. The van der Waals surface area contributed by atoms with Crippen LogP contribution in [0, 0.1) is 6.92 Å². The van der Waals surface area contributed by atoms with Crippen LogP contribution in [0.15, 0.2) is 36.7 Å². The Kier molecular flexibility index (Phi) is 5.24. The van der Waals surface area contributed by atoms with Crippen LogP contribution in [0.1, 0.15) is 33.6 Å². The molecule has 0 saturated heterocycles. The van der Waals surface area contributed by atoms with E-state index in [2.05, 4.69) is 31.0 Å². The van der Waals surface area contributed by atoms with Gasteiger partial charge in [-0.25, -0.2) is 0 Å². The normalized spacial score (nSPS) is 12.1. The molecule has 0 fully saturated rings. The van der Waals surface area contributed by atoms with Gasteiger partial charge in [-0.3, -0.25) is 24.1 Å². The van der Waals surface area contributed by atoms with Crippen molar-refractivity contribution in [3.63, 3.8) is 0 Å². The Morgan fingerprint density at radius 2 is 1.82 bits per heavy atom. The molecule has 0 bridgehead atoms. The molecule has 3 N–H and O–H groups in total. The summed E-state index contributed by atoms with van der Waals surface area (Å²) in [4.78, 5) is 26.0. The molecule has 0 aliphatic carbocycles. The first-order chi connectivity index (χ1) is 16.4. The van der Waals surface area contributed by atoms with Gasteiger partial charge in [0.15, 0.2) is 11.5 Å². The number of anilines is 2. The molecule has 0 atom stereocenters. The number of amides is 2. The minimum Gasteiger partial charge on any atom is -0.454 e. The third kappa shape index (κ3) is 3.74. The number of carbonyl (C=O) groups is 2. The Hall–Kier alpha value is -4.61. The van der Waals surface area contributed by atoms with Gasteiger partial charge in [-0.15, -0.1) is 0 Å². The number of fused-ring (bicyclic) bond motifs is 1. The average Bonchev–Trinajstić information content (AvgIpc) is 3.62. The summed E-state index contributed by atoms with van der Waals surface area (Å²) in [5.41, 5.74) is 3.46. The van der Waals surface area contributed by atoms with Gasteiger partial charge in [-0.2, -0.15) is 15.3 Å². The van der Waals surface area contributed by atoms with Gasteiger partial charge >= 0.3 is 0 Å². The molecule has 2 amide bonds. The second-order valence-electron chi connectivity index (χ2n) is 7.63. The molecule has 34 heavy (non-hydrogen) atoms. The van der Waals surface area contributed by atoms with Crippen LogP contribution in [0.2, 0.25) is 0 Å². The van der Waals surface area contributed by atoms with Crippen molar-refractivity contribution in [3.8, 4) is 22.8 Å².